The molecule has 0 fully saturated rings. The molecular weight excluding hydrogens is 218 g/mol. The van der Waals surface area contributed by atoms with E-state index in [0.29, 0.717) is 5.56 Å². The maximum absolute atomic E-state index is 11.6. The summed E-state index contributed by atoms with van der Waals surface area (Å²) in [6, 6.07) is 7.26. The molecule has 0 bridgehead atoms. The summed E-state index contributed by atoms with van der Waals surface area (Å²) in [5.41, 5.74) is 1.60. The molecule has 0 spiro atoms. The van der Waals surface area contributed by atoms with Crippen molar-refractivity contribution in [2.24, 2.45) is 0 Å². The van der Waals surface area contributed by atoms with E-state index in [9.17, 15) is 14.7 Å². The smallest absolute Gasteiger partial charge is 0.311 e. The lowest BCUT2D eigenvalue weighted by molar-refractivity contribution is -0.142. The number of aliphatic carboxylic acids is 1. The first-order chi connectivity index (χ1) is 7.93. The number of nitrogens with zero attached hydrogens (tertiary/aromatic N) is 1. The normalized spacial score (nSPS) is 11.9. The molecule has 0 saturated heterocycles. The van der Waals surface area contributed by atoms with E-state index in [1.54, 1.807) is 26.2 Å². The van der Waals surface area contributed by atoms with Gasteiger partial charge in [0.1, 0.15) is 0 Å². The van der Waals surface area contributed by atoms with Gasteiger partial charge in [-0.1, -0.05) is 24.3 Å². The summed E-state index contributed by atoms with van der Waals surface area (Å²) in [7, 11) is 3.25. The Morgan fingerprint density at radius 2 is 1.88 bits per heavy atom. The minimum Gasteiger partial charge on any atom is -0.481 e. The fourth-order valence-electron chi connectivity index (χ4n) is 1.67. The fraction of sp³-hybridized carbons (Fsp3) is 0.385. The van der Waals surface area contributed by atoms with Gasteiger partial charge < -0.3 is 10.0 Å². The molecule has 0 saturated carbocycles. The summed E-state index contributed by atoms with van der Waals surface area (Å²) >= 11 is 0. The lowest BCUT2D eigenvalue weighted by Crippen LogP contribution is -2.26. The van der Waals surface area contributed by atoms with E-state index in [2.05, 4.69) is 0 Å². The van der Waals surface area contributed by atoms with Gasteiger partial charge in [-0.3, -0.25) is 9.59 Å². The number of carboxylic acid groups (broad SMARTS) is 1. The molecule has 92 valence electrons. The van der Waals surface area contributed by atoms with Crippen LogP contribution in [0, 0.1) is 6.92 Å². The van der Waals surface area contributed by atoms with Gasteiger partial charge in [0.05, 0.1) is 5.92 Å². The molecule has 1 atom stereocenters. The van der Waals surface area contributed by atoms with Crippen LogP contribution in [0.5, 0.6) is 0 Å². The van der Waals surface area contributed by atoms with Crippen LogP contribution in [0.1, 0.15) is 23.5 Å². The van der Waals surface area contributed by atoms with Gasteiger partial charge in [-0.05, 0) is 18.1 Å². The Bertz CT molecular complexity index is 426. The molecule has 17 heavy (non-hydrogen) atoms. The zero-order valence-electron chi connectivity index (χ0n) is 10.3. The summed E-state index contributed by atoms with van der Waals surface area (Å²) in [5, 5.41) is 9.21. The van der Waals surface area contributed by atoms with Gasteiger partial charge in [0.2, 0.25) is 5.91 Å². The number of hydrogen-bond acceptors (Lipinski definition) is 2. The number of hydrogen-bond donors (Lipinski definition) is 1. The van der Waals surface area contributed by atoms with Crippen LogP contribution in [0.25, 0.3) is 0 Å². The van der Waals surface area contributed by atoms with Crippen molar-refractivity contribution in [1.82, 2.24) is 4.90 Å². The van der Waals surface area contributed by atoms with Crippen molar-refractivity contribution < 1.29 is 14.7 Å². The van der Waals surface area contributed by atoms with Gasteiger partial charge >= 0.3 is 5.97 Å². The topological polar surface area (TPSA) is 57.6 Å². The summed E-state index contributed by atoms with van der Waals surface area (Å²) in [5.74, 6) is -1.92. The first-order valence-corrected chi connectivity index (χ1v) is 5.42. The van der Waals surface area contributed by atoms with Crippen molar-refractivity contribution >= 4 is 11.9 Å². The van der Waals surface area contributed by atoms with E-state index in [4.69, 9.17) is 0 Å². The molecule has 0 aromatic heterocycles. The van der Waals surface area contributed by atoms with Crippen molar-refractivity contribution in [3.05, 3.63) is 35.4 Å². The Balaban J connectivity index is 2.99. The van der Waals surface area contributed by atoms with Crippen LogP contribution >= 0.6 is 0 Å². The second-order valence-electron chi connectivity index (χ2n) is 4.24. The first kappa shape index (κ1) is 13.2. The largest absolute Gasteiger partial charge is 0.481 e. The van der Waals surface area contributed by atoms with Crippen LogP contribution in [0.3, 0.4) is 0 Å². The molecule has 0 radical (unpaired) electrons. The average molecular weight is 235 g/mol. The second kappa shape index (κ2) is 5.48. The Morgan fingerprint density at radius 3 is 2.35 bits per heavy atom. The van der Waals surface area contributed by atoms with Crippen LogP contribution < -0.4 is 0 Å². The Morgan fingerprint density at radius 1 is 1.29 bits per heavy atom. The molecule has 1 aromatic rings. The lowest BCUT2D eigenvalue weighted by atomic mass is 9.92. The van der Waals surface area contributed by atoms with Crippen LogP contribution in [-0.4, -0.2) is 36.0 Å². The molecule has 0 aliphatic heterocycles. The maximum atomic E-state index is 11.6. The molecule has 4 heteroatoms. The van der Waals surface area contributed by atoms with Gasteiger partial charge in [-0.25, -0.2) is 0 Å². The van der Waals surface area contributed by atoms with E-state index in [1.165, 1.54) is 4.90 Å². The molecule has 1 rings (SSSR count). The standard InChI is InChI=1S/C13H17NO3/c1-9-6-4-5-7-10(9)11(13(16)17)8-12(15)14(2)3/h4-7,11H,8H2,1-3H3,(H,16,17). The van der Waals surface area contributed by atoms with Crippen LogP contribution in [0.2, 0.25) is 0 Å². The van der Waals surface area contributed by atoms with E-state index >= 15 is 0 Å². The highest BCUT2D eigenvalue weighted by molar-refractivity contribution is 5.85. The third kappa shape index (κ3) is 3.31. The summed E-state index contributed by atoms with van der Waals surface area (Å²) in [6.45, 7) is 1.85. The van der Waals surface area contributed by atoms with Gasteiger partial charge in [0, 0.05) is 20.5 Å². The first-order valence-electron chi connectivity index (χ1n) is 5.42. The number of benzene rings is 1. The van der Waals surface area contributed by atoms with Crippen molar-refractivity contribution in [2.45, 2.75) is 19.3 Å². The third-order valence-electron chi connectivity index (χ3n) is 2.74. The number of rotatable bonds is 4. The van der Waals surface area contributed by atoms with E-state index in [1.807, 2.05) is 19.1 Å². The monoisotopic (exact) mass is 235 g/mol. The molecule has 1 unspecified atom stereocenters. The zero-order valence-corrected chi connectivity index (χ0v) is 10.3. The molecule has 1 N–H and O–H groups in total. The Labute approximate surface area is 101 Å². The third-order valence-corrected chi connectivity index (χ3v) is 2.74. The zero-order chi connectivity index (χ0) is 13.0. The quantitative estimate of drug-likeness (QED) is 0.863. The number of amides is 1. The van der Waals surface area contributed by atoms with Crippen molar-refractivity contribution in [2.75, 3.05) is 14.1 Å². The minimum absolute atomic E-state index is 0.00676. The predicted molar refractivity (Wildman–Crippen MR) is 64.9 cm³/mol. The molecule has 0 aliphatic carbocycles. The van der Waals surface area contributed by atoms with E-state index in [-0.39, 0.29) is 12.3 Å². The minimum atomic E-state index is -0.963. The van der Waals surface area contributed by atoms with E-state index in [0.717, 1.165) is 5.56 Å². The summed E-state index contributed by atoms with van der Waals surface area (Å²) in [4.78, 5) is 24.3. The number of carbonyl (C=O) groups excluding carboxylic acids is 1. The van der Waals surface area contributed by atoms with E-state index < -0.39 is 11.9 Å². The number of carbonyl (C=O) groups is 2. The van der Waals surface area contributed by atoms with Crippen LogP contribution in [0.4, 0.5) is 0 Å². The van der Waals surface area contributed by atoms with Crippen LogP contribution in [0.15, 0.2) is 24.3 Å². The predicted octanol–water partition coefficient (Wildman–Crippen LogP) is 1.64. The number of carboxylic acids is 1. The highest BCUT2D eigenvalue weighted by Gasteiger charge is 2.25. The van der Waals surface area contributed by atoms with Gasteiger partial charge in [0.25, 0.3) is 0 Å². The molecule has 1 aromatic carbocycles. The molecular formula is C13H17NO3. The number of aryl methyl sites for hydroxylation is 1. The average Bonchev–Trinajstić information content (AvgIpc) is 2.26. The molecule has 0 aliphatic rings. The molecule has 0 heterocycles. The maximum Gasteiger partial charge on any atom is 0.311 e. The SMILES string of the molecule is Cc1ccccc1C(CC(=O)N(C)C)C(=O)O. The van der Waals surface area contributed by atoms with Gasteiger partial charge in [-0.2, -0.15) is 0 Å². The summed E-state index contributed by atoms with van der Waals surface area (Å²) < 4.78 is 0. The molecule has 4 nitrogen and oxygen atoms in total. The fourth-order valence-corrected chi connectivity index (χ4v) is 1.67. The lowest BCUT2D eigenvalue weighted by Gasteiger charge is -2.17. The van der Waals surface area contributed by atoms with Crippen molar-refractivity contribution in [3.63, 3.8) is 0 Å². The highest BCUT2D eigenvalue weighted by Crippen LogP contribution is 2.23. The summed E-state index contributed by atoms with van der Waals surface area (Å²) in [6.07, 6.45) is -0.00676. The van der Waals surface area contributed by atoms with Gasteiger partial charge in [0.15, 0.2) is 0 Å². The Hall–Kier alpha value is -1.84. The van der Waals surface area contributed by atoms with Crippen molar-refractivity contribution in [1.29, 1.82) is 0 Å². The molecule has 1 amide bonds. The Kier molecular flexibility index (Phi) is 4.26. The highest BCUT2D eigenvalue weighted by atomic mass is 16.4. The van der Waals surface area contributed by atoms with Crippen LogP contribution in [-0.2, 0) is 9.59 Å². The second-order valence-corrected chi connectivity index (χ2v) is 4.24. The van der Waals surface area contributed by atoms with Gasteiger partial charge in [-0.15, -0.1) is 0 Å². The van der Waals surface area contributed by atoms with Crippen molar-refractivity contribution in [3.8, 4) is 0 Å².